The van der Waals surface area contributed by atoms with Gasteiger partial charge in [-0.3, -0.25) is 0 Å². The molecule has 6 heteroatoms. The second-order valence-corrected chi connectivity index (χ2v) is 6.20. The molecule has 2 aromatic carbocycles. The highest BCUT2D eigenvalue weighted by molar-refractivity contribution is 9.10. The van der Waals surface area contributed by atoms with Crippen LogP contribution in [-0.4, -0.2) is 12.2 Å². The van der Waals surface area contributed by atoms with Crippen molar-refractivity contribution in [3.63, 3.8) is 0 Å². The van der Waals surface area contributed by atoms with Crippen LogP contribution in [0.3, 0.4) is 0 Å². The van der Waals surface area contributed by atoms with Gasteiger partial charge in [0.2, 0.25) is 0 Å². The number of halogens is 4. The lowest BCUT2D eigenvalue weighted by atomic mass is 10.00. The Kier molecular flexibility index (Phi) is 5.07. The monoisotopic (exact) mass is 422 g/mol. The van der Waals surface area contributed by atoms with Crippen LogP contribution in [0.2, 0.25) is 5.02 Å². The summed E-state index contributed by atoms with van der Waals surface area (Å²) in [6, 6.07) is 7.93. The lowest BCUT2D eigenvalue weighted by molar-refractivity contribution is 0.209. The number of methoxy groups -OCH3 is 1. The molecule has 0 radical (unpaired) electrons. The predicted octanol–water partition coefficient (Wildman–Crippen LogP) is 5.09. The Hall–Kier alpha value is -0.620. The Balaban J connectivity index is 2.58. The molecular formula is C14H10Br2ClFO2. The van der Waals surface area contributed by atoms with E-state index in [1.54, 1.807) is 24.3 Å². The van der Waals surface area contributed by atoms with Gasteiger partial charge in [0.15, 0.2) is 0 Å². The van der Waals surface area contributed by atoms with E-state index in [-0.39, 0.29) is 10.0 Å². The van der Waals surface area contributed by atoms with E-state index < -0.39 is 11.9 Å². The van der Waals surface area contributed by atoms with E-state index in [0.29, 0.717) is 20.8 Å². The fourth-order valence-corrected chi connectivity index (χ4v) is 3.28. The highest BCUT2D eigenvalue weighted by Gasteiger charge is 2.22. The van der Waals surface area contributed by atoms with Gasteiger partial charge < -0.3 is 9.84 Å². The Labute approximate surface area is 137 Å². The summed E-state index contributed by atoms with van der Waals surface area (Å²) in [4.78, 5) is 0. The van der Waals surface area contributed by atoms with Crippen molar-refractivity contribution in [1.29, 1.82) is 0 Å². The SMILES string of the molecule is COc1c(Br)cc(Cl)cc1C(O)c1cccc(Br)c1F. The number of ether oxygens (including phenoxy) is 1. The van der Waals surface area contributed by atoms with Crippen LogP contribution < -0.4 is 4.74 Å². The van der Waals surface area contributed by atoms with Gasteiger partial charge in [0, 0.05) is 16.1 Å². The third-order valence-corrected chi connectivity index (χ3v) is 4.23. The Morgan fingerprint density at radius 1 is 1.20 bits per heavy atom. The number of hydrogen-bond donors (Lipinski definition) is 1. The Bertz CT molecular complexity index is 649. The summed E-state index contributed by atoms with van der Waals surface area (Å²) < 4.78 is 20.2. The van der Waals surface area contributed by atoms with E-state index in [1.165, 1.54) is 13.2 Å². The molecule has 0 saturated heterocycles. The molecule has 0 amide bonds. The molecule has 0 aliphatic carbocycles. The Morgan fingerprint density at radius 2 is 1.90 bits per heavy atom. The van der Waals surface area contributed by atoms with E-state index in [2.05, 4.69) is 31.9 Å². The lowest BCUT2D eigenvalue weighted by Crippen LogP contribution is -2.05. The van der Waals surface area contributed by atoms with E-state index in [1.807, 2.05) is 0 Å². The van der Waals surface area contributed by atoms with Gasteiger partial charge in [0.25, 0.3) is 0 Å². The van der Waals surface area contributed by atoms with Gasteiger partial charge in [-0.15, -0.1) is 0 Å². The maximum Gasteiger partial charge on any atom is 0.143 e. The van der Waals surface area contributed by atoms with Gasteiger partial charge in [-0.25, -0.2) is 4.39 Å². The summed E-state index contributed by atoms with van der Waals surface area (Å²) in [5.74, 6) is -0.0978. The van der Waals surface area contributed by atoms with Crippen molar-refractivity contribution in [3.05, 3.63) is 61.2 Å². The summed E-state index contributed by atoms with van der Waals surface area (Å²) in [7, 11) is 1.47. The molecule has 106 valence electrons. The predicted molar refractivity (Wildman–Crippen MR) is 83.9 cm³/mol. The molecule has 0 spiro atoms. The van der Waals surface area contributed by atoms with Crippen molar-refractivity contribution in [3.8, 4) is 5.75 Å². The number of aliphatic hydroxyl groups is 1. The first-order valence-electron chi connectivity index (χ1n) is 5.60. The molecule has 2 nitrogen and oxygen atoms in total. The summed E-state index contributed by atoms with van der Waals surface area (Å²) in [5, 5.41) is 10.9. The van der Waals surface area contributed by atoms with E-state index >= 15 is 0 Å². The first kappa shape index (κ1) is 15.8. The van der Waals surface area contributed by atoms with Gasteiger partial charge in [0.1, 0.15) is 17.7 Å². The number of benzene rings is 2. The van der Waals surface area contributed by atoms with Gasteiger partial charge in [-0.05, 0) is 50.1 Å². The fourth-order valence-electron chi connectivity index (χ4n) is 1.90. The molecule has 20 heavy (non-hydrogen) atoms. The van der Waals surface area contributed by atoms with Crippen molar-refractivity contribution in [2.45, 2.75) is 6.10 Å². The minimum Gasteiger partial charge on any atom is -0.495 e. The molecule has 2 aromatic rings. The smallest absolute Gasteiger partial charge is 0.143 e. The molecule has 0 aliphatic rings. The largest absolute Gasteiger partial charge is 0.495 e. The molecule has 0 bridgehead atoms. The molecule has 0 saturated carbocycles. The van der Waals surface area contributed by atoms with Gasteiger partial charge in [-0.1, -0.05) is 23.7 Å². The van der Waals surface area contributed by atoms with Crippen LogP contribution in [0.15, 0.2) is 39.3 Å². The molecule has 1 N–H and O–H groups in total. The third kappa shape index (κ3) is 3.01. The standard InChI is InChI=1S/C14H10Br2ClFO2/c1-20-14-9(5-7(17)6-11(14)16)13(19)8-3-2-4-10(15)12(8)18/h2-6,13,19H,1H3. The van der Waals surface area contributed by atoms with Crippen LogP contribution in [0, 0.1) is 5.82 Å². The average Bonchev–Trinajstić information content (AvgIpc) is 2.40. The molecule has 2 rings (SSSR count). The van der Waals surface area contributed by atoms with Crippen LogP contribution >= 0.6 is 43.5 Å². The molecule has 1 atom stereocenters. The fraction of sp³-hybridized carbons (Fsp3) is 0.143. The van der Waals surface area contributed by atoms with Crippen molar-refractivity contribution in [1.82, 2.24) is 0 Å². The first-order valence-corrected chi connectivity index (χ1v) is 7.57. The highest BCUT2D eigenvalue weighted by atomic mass is 79.9. The lowest BCUT2D eigenvalue weighted by Gasteiger charge is -2.17. The Morgan fingerprint density at radius 3 is 2.55 bits per heavy atom. The van der Waals surface area contributed by atoms with Crippen LogP contribution in [-0.2, 0) is 0 Å². The summed E-state index contributed by atoms with van der Waals surface area (Å²) in [5.41, 5.74) is 0.538. The third-order valence-electron chi connectivity index (χ3n) is 2.81. The summed E-state index contributed by atoms with van der Waals surface area (Å²) >= 11 is 12.4. The van der Waals surface area contributed by atoms with Crippen molar-refractivity contribution in [2.24, 2.45) is 0 Å². The van der Waals surface area contributed by atoms with Crippen LogP contribution in [0.25, 0.3) is 0 Å². The first-order chi connectivity index (χ1) is 9.45. The zero-order chi connectivity index (χ0) is 14.9. The normalized spacial score (nSPS) is 12.3. The van der Waals surface area contributed by atoms with Gasteiger partial charge in [-0.2, -0.15) is 0 Å². The molecule has 0 aliphatic heterocycles. The zero-order valence-corrected chi connectivity index (χ0v) is 14.3. The van der Waals surface area contributed by atoms with Crippen molar-refractivity contribution >= 4 is 43.5 Å². The second-order valence-electron chi connectivity index (χ2n) is 4.06. The van der Waals surface area contributed by atoms with Crippen molar-refractivity contribution in [2.75, 3.05) is 7.11 Å². The molecule has 1 unspecified atom stereocenters. The molecular weight excluding hydrogens is 414 g/mol. The zero-order valence-electron chi connectivity index (χ0n) is 10.3. The molecule has 0 aromatic heterocycles. The summed E-state index contributed by atoms with van der Waals surface area (Å²) in [6.45, 7) is 0. The quantitative estimate of drug-likeness (QED) is 0.743. The number of rotatable bonds is 3. The van der Waals surface area contributed by atoms with Crippen molar-refractivity contribution < 1.29 is 14.2 Å². The van der Waals surface area contributed by atoms with Crippen LogP contribution in [0.1, 0.15) is 17.2 Å². The summed E-state index contributed by atoms with van der Waals surface area (Å²) in [6.07, 6.45) is -1.18. The van der Waals surface area contributed by atoms with Crippen LogP contribution in [0.4, 0.5) is 4.39 Å². The van der Waals surface area contributed by atoms with E-state index in [9.17, 15) is 9.50 Å². The van der Waals surface area contributed by atoms with Gasteiger partial charge >= 0.3 is 0 Å². The second kappa shape index (κ2) is 6.43. The average molecular weight is 424 g/mol. The van der Waals surface area contributed by atoms with Gasteiger partial charge in [0.05, 0.1) is 16.1 Å². The topological polar surface area (TPSA) is 29.5 Å². The number of aliphatic hydroxyl groups excluding tert-OH is 1. The van der Waals surface area contributed by atoms with E-state index in [0.717, 1.165) is 0 Å². The maximum atomic E-state index is 14.1. The molecule has 0 heterocycles. The minimum atomic E-state index is -1.18. The maximum absolute atomic E-state index is 14.1. The highest BCUT2D eigenvalue weighted by Crippen LogP contribution is 2.39. The van der Waals surface area contributed by atoms with Crippen LogP contribution in [0.5, 0.6) is 5.75 Å². The number of hydrogen-bond acceptors (Lipinski definition) is 2. The minimum absolute atomic E-state index is 0.145. The van der Waals surface area contributed by atoms with E-state index in [4.69, 9.17) is 16.3 Å². The molecule has 0 fully saturated rings.